The Bertz CT molecular complexity index is 309. The number of anilines is 2. The van der Waals surface area contributed by atoms with E-state index >= 15 is 0 Å². The molecule has 0 atom stereocenters. The molecular weight excluding hydrogens is 160 g/mol. The Hall–Kier alpha value is -1.56. The Labute approximate surface area is 68.4 Å². The average molecular weight is 170 g/mol. The zero-order chi connectivity index (χ0) is 8.97. The van der Waals surface area contributed by atoms with E-state index in [9.17, 15) is 4.79 Å². The molecular formula is C6H10N4O2. The number of H-pyrrole nitrogens is 1. The van der Waals surface area contributed by atoms with Crippen LogP contribution < -0.4 is 16.6 Å². The lowest BCUT2D eigenvalue weighted by molar-refractivity contribution is 0.311. The van der Waals surface area contributed by atoms with Gasteiger partial charge < -0.3 is 16.2 Å². The maximum absolute atomic E-state index is 10.8. The standard InChI is InChI=1S/C6H10N4O2/c7-6-9-4(8-1-2-11)3-5(12)10-6/h3,11H,1-2H2,(H4,7,8,9,10,12). The Morgan fingerprint density at radius 3 is 3.08 bits per heavy atom. The van der Waals surface area contributed by atoms with Gasteiger partial charge in [-0.05, 0) is 0 Å². The molecule has 1 rings (SSSR count). The molecule has 12 heavy (non-hydrogen) atoms. The number of aliphatic hydroxyl groups excluding tert-OH is 1. The Morgan fingerprint density at radius 1 is 1.75 bits per heavy atom. The van der Waals surface area contributed by atoms with Crippen molar-refractivity contribution in [2.75, 3.05) is 24.2 Å². The molecule has 0 aliphatic heterocycles. The molecule has 0 aliphatic carbocycles. The number of nitrogen functional groups attached to an aromatic ring is 1. The molecule has 0 saturated heterocycles. The number of hydrogen-bond acceptors (Lipinski definition) is 5. The minimum atomic E-state index is -0.317. The van der Waals surface area contributed by atoms with Crippen molar-refractivity contribution in [1.82, 2.24) is 9.97 Å². The molecule has 5 N–H and O–H groups in total. The molecule has 0 saturated carbocycles. The second-order valence-electron chi connectivity index (χ2n) is 2.17. The summed E-state index contributed by atoms with van der Waals surface area (Å²) in [6.07, 6.45) is 0. The van der Waals surface area contributed by atoms with Gasteiger partial charge in [0, 0.05) is 12.6 Å². The van der Waals surface area contributed by atoms with E-state index in [-0.39, 0.29) is 18.1 Å². The van der Waals surface area contributed by atoms with Crippen LogP contribution in [0.25, 0.3) is 0 Å². The summed E-state index contributed by atoms with van der Waals surface area (Å²) in [5.41, 5.74) is 4.95. The molecule has 66 valence electrons. The molecule has 0 aromatic carbocycles. The molecule has 6 nitrogen and oxygen atoms in total. The monoisotopic (exact) mass is 170 g/mol. The topological polar surface area (TPSA) is 104 Å². The maximum Gasteiger partial charge on any atom is 0.254 e. The van der Waals surface area contributed by atoms with Gasteiger partial charge in [0.25, 0.3) is 5.56 Å². The van der Waals surface area contributed by atoms with E-state index in [0.717, 1.165) is 0 Å². The number of hydrogen-bond donors (Lipinski definition) is 4. The normalized spacial score (nSPS) is 9.75. The van der Waals surface area contributed by atoms with Gasteiger partial charge >= 0.3 is 0 Å². The summed E-state index contributed by atoms with van der Waals surface area (Å²) in [5, 5.41) is 11.2. The first-order chi connectivity index (χ1) is 5.72. The van der Waals surface area contributed by atoms with Crippen molar-refractivity contribution in [2.45, 2.75) is 0 Å². The van der Waals surface area contributed by atoms with Crippen molar-refractivity contribution in [1.29, 1.82) is 0 Å². The highest BCUT2D eigenvalue weighted by Gasteiger charge is 1.95. The van der Waals surface area contributed by atoms with E-state index in [0.29, 0.717) is 12.4 Å². The van der Waals surface area contributed by atoms with Crippen LogP contribution in [0.4, 0.5) is 11.8 Å². The second kappa shape index (κ2) is 3.72. The first kappa shape index (κ1) is 8.54. The number of aromatic amines is 1. The van der Waals surface area contributed by atoms with Crippen molar-refractivity contribution >= 4 is 11.8 Å². The summed E-state index contributed by atoms with van der Waals surface area (Å²) in [5.74, 6) is 0.424. The van der Waals surface area contributed by atoms with Gasteiger partial charge in [-0.2, -0.15) is 4.98 Å². The minimum Gasteiger partial charge on any atom is -0.395 e. The zero-order valence-electron chi connectivity index (χ0n) is 6.37. The predicted molar refractivity (Wildman–Crippen MR) is 44.8 cm³/mol. The molecule has 1 heterocycles. The van der Waals surface area contributed by atoms with Gasteiger partial charge in [0.15, 0.2) is 0 Å². The summed E-state index contributed by atoms with van der Waals surface area (Å²) >= 11 is 0. The van der Waals surface area contributed by atoms with E-state index in [1.807, 2.05) is 0 Å². The summed E-state index contributed by atoms with van der Waals surface area (Å²) in [7, 11) is 0. The predicted octanol–water partition coefficient (Wildman–Crippen LogP) is -1.24. The largest absolute Gasteiger partial charge is 0.395 e. The fraction of sp³-hybridized carbons (Fsp3) is 0.333. The number of aliphatic hydroxyl groups is 1. The van der Waals surface area contributed by atoms with Crippen molar-refractivity contribution in [3.05, 3.63) is 16.4 Å². The molecule has 1 aromatic rings. The van der Waals surface area contributed by atoms with E-state index in [1.54, 1.807) is 0 Å². The van der Waals surface area contributed by atoms with E-state index in [4.69, 9.17) is 10.8 Å². The molecule has 1 aromatic heterocycles. The summed E-state index contributed by atoms with van der Waals surface area (Å²) < 4.78 is 0. The number of aromatic nitrogens is 2. The van der Waals surface area contributed by atoms with Gasteiger partial charge in [-0.3, -0.25) is 9.78 Å². The van der Waals surface area contributed by atoms with Crippen molar-refractivity contribution in [3.63, 3.8) is 0 Å². The smallest absolute Gasteiger partial charge is 0.254 e. The first-order valence-corrected chi connectivity index (χ1v) is 3.44. The summed E-state index contributed by atoms with van der Waals surface area (Å²) in [4.78, 5) is 16.9. The van der Waals surface area contributed by atoms with Gasteiger partial charge in [-0.25, -0.2) is 0 Å². The third-order valence-electron chi connectivity index (χ3n) is 1.18. The Balaban J connectivity index is 2.79. The average Bonchev–Trinajstić information content (AvgIpc) is 1.99. The molecule has 0 spiro atoms. The van der Waals surface area contributed by atoms with Gasteiger partial charge in [-0.15, -0.1) is 0 Å². The number of nitrogens with one attached hydrogen (secondary N) is 2. The molecule has 0 unspecified atom stereocenters. The fourth-order valence-corrected chi connectivity index (χ4v) is 0.751. The third-order valence-corrected chi connectivity index (χ3v) is 1.18. The highest BCUT2D eigenvalue weighted by atomic mass is 16.3. The number of nitrogens with zero attached hydrogens (tertiary/aromatic N) is 1. The third kappa shape index (κ3) is 2.24. The van der Waals surface area contributed by atoms with Crippen molar-refractivity contribution in [2.24, 2.45) is 0 Å². The van der Waals surface area contributed by atoms with Crippen LogP contribution in [0.2, 0.25) is 0 Å². The first-order valence-electron chi connectivity index (χ1n) is 3.44. The van der Waals surface area contributed by atoms with Crippen molar-refractivity contribution in [3.8, 4) is 0 Å². The van der Waals surface area contributed by atoms with E-state index < -0.39 is 0 Å². The molecule has 0 radical (unpaired) electrons. The van der Waals surface area contributed by atoms with Crippen LogP contribution in [0.15, 0.2) is 10.9 Å². The van der Waals surface area contributed by atoms with Gasteiger partial charge in [0.1, 0.15) is 5.82 Å². The molecule has 0 amide bonds. The van der Waals surface area contributed by atoms with Gasteiger partial charge in [0.05, 0.1) is 6.61 Å². The lowest BCUT2D eigenvalue weighted by Crippen LogP contribution is -2.14. The Morgan fingerprint density at radius 2 is 2.50 bits per heavy atom. The second-order valence-corrected chi connectivity index (χ2v) is 2.17. The van der Waals surface area contributed by atoms with Crippen LogP contribution in [-0.2, 0) is 0 Å². The molecule has 0 bridgehead atoms. The van der Waals surface area contributed by atoms with E-state index in [2.05, 4.69) is 15.3 Å². The number of nitrogens with two attached hydrogens (primary N) is 1. The van der Waals surface area contributed by atoms with Gasteiger partial charge in [0.2, 0.25) is 5.95 Å². The molecule has 0 fully saturated rings. The SMILES string of the molecule is Nc1nc(NCCO)cc(=O)[nH]1. The number of rotatable bonds is 3. The Kier molecular flexibility index (Phi) is 2.65. The van der Waals surface area contributed by atoms with Crippen LogP contribution in [0, 0.1) is 0 Å². The van der Waals surface area contributed by atoms with Crippen molar-refractivity contribution < 1.29 is 5.11 Å². The lowest BCUT2D eigenvalue weighted by Gasteiger charge is -2.02. The molecule has 6 heteroatoms. The van der Waals surface area contributed by atoms with Crippen LogP contribution in [0.3, 0.4) is 0 Å². The van der Waals surface area contributed by atoms with Gasteiger partial charge in [-0.1, -0.05) is 0 Å². The highest BCUT2D eigenvalue weighted by Crippen LogP contribution is 1.97. The van der Waals surface area contributed by atoms with Crippen LogP contribution in [0.1, 0.15) is 0 Å². The fourth-order valence-electron chi connectivity index (χ4n) is 0.751. The van der Waals surface area contributed by atoms with Crippen LogP contribution >= 0.6 is 0 Å². The van der Waals surface area contributed by atoms with Crippen LogP contribution in [0.5, 0.6) is 0 Å². The minimum absolute atomic E-state index is 0.0195. The zero-order valence-corrected chi connectivity index (χ0v) is 6.37. The lowest BCUT2D eigenvalue weighted by atomic mass is 10.5. The van der Waals surface area contributed by atoms with Crippen LogP contribution in [-0.4, -0.2) is 28.2 Å². The summed E-state index contributed by atoms with van der Waals surface area (Å²) in [6, 6.07) is 1.27. The molecule has 0 aliphatic rings. The quantitative estimate of drug-likeness (QED) is 0.454. The highest BCUT2D eigenvalue weighted by molar-refractivity contribution is 5.37. The maximum atomic E-state index is 10.8. The van der Waals surface area contributed by atoms with E-state index in [1.165, 1.54) is 6.07 Å². The summed E-state index contributed by atoms with van der Waals surface area (Å²) in [6.45, 7) is 0.324.